The molecule has 2 atom stereocenters. The number of aliphatic hydroxyl groups excluding tert-OH is 1. The smallest absolute Gasteiger partial charge is 0.0577 e. The highest BCUT2D eigenvalue weighted by Crippen LogP contribution is 2.12. The molecule has 0 aromatic carbocycles. The molecule has 0 aliphatic carbocycles. The van der Waals surface area contributed by atoms with E-state index in [0.29, 0.717) is 0 Å². The largest absolute Gasteiger partial charge is 0.393 e. The Morgan fingerprint density at radius 2 is 2.10 bits per heavy atom. The molecule has 1 N–H and O–H groups in total. The van der Waals surface area contributed by atoms with Crippen molar-refractivity contribution in [2.24, 2.45) is 5.92 Å². The molecule has 2 unspecified atom stereocenters. The lowest BCUT2D eigenvalue weighted by Crippen LogP contribution is -2.13. The summed E-state index contributed by atoms with van der Waals surface area (Å²) in [5, 5.41) is 9.09. The summed E-state index contributed by atoms with van der Waals surface area (Å²) in [6.45, 7) is 10.8. The summed E-state index contributed by atoms with van der Waals surface area (Å²) in [5.41, 5.74) is 3.48. The first kappa shape index (κ1) is 9.22. The van der Waals surface area contributed by atoms with Crippen LogP contribution in [0.25, 0.3) is 0 Å². The highest BCUT2D eigenvalue weighted by atomic mass is 16.3. The third-order valence-electron chi connectivity index (χ3n) is 1.60. The number of allylic oxidation sites excluding steroid dienone is 1. The maximum absolute atomic E-state index is 9.09. The minimum absolute atomic E-state index is 0.0919. The molecule has 0 rings (SSSR count). The number of hydrogen-bond acceptors (Lipinski definition) is 1. The first-order valence-electron chi connectivity index (χ1n) is 3.32. The van der Waals surface area contributed by atoms with E-state index in [0.717, 1.165) is 5.57 Å². The summed E-state index contributed by atoms with van der Waals surface area (Å²) in [6, 6.07) is 0. The second kappa shape index (κ2) is 4.10. The molecule has 0 bridgehead atoms. The molecule has 1 nitrogen and oxygen atoms in total. The zero-order chi connectivity index (χ0) is 8.15. The monoisotopic (exact) mass is 138 g/mol. The predicted molar refractivity (Wildman–Crippen MR) is 43.7 cm³/mol. The second-order valence-corrected chi connectivity index (χ2v) is 2.45. The van der Waals surface area contributed by atoms with Crippen molar-refractivity contribution in [1.82, 2.24) is 0 Å². The highest BCUT2D eigenvalue weighted by Gasteiger charge is 2.09. The summed E-state index contributed by atoms with van der Waals surface area (Å²) in [4.78, 5) is 0. The van der Waals surface area contributed by atoms with E-state index in [1.807, 2.05) is 6.92 Å². The van der Waals surface area contributed by atoms with E-state index in [2.05, 4.69) is 18.9 Å². The molecule has 0 heterocycles. The van der Waals surface area contributed by atoms with Crippen LogP contribution in [0.15, 0.2) is 30.5 Å². The molecular formula is C9H14O. The standard InChI is InChI=1S/C9H14O/c1-5-6-7(2)8(3)9(4)10/h6,8-10H,1-2H2,3-4H3. The van der Waals surface area contributed by atoms with Crippen molar-refractivity contribution >= 4 is 0 Å². The molecule has 0 aromatic rings. The van der Waals surface area contributed by atoms with Gasteiger partial charge in [-0.05, 0) is 18.6 Å². The molecule has 0 fully saturated rings. The molecular weight excluding hydrogens is 124 g/mol. The van der Waals surface area contributed by atoms with E-state index in [9.17, 15) is 0 Å². The van der Waals surface area contributed by atoms with Gasteiger partial charge in [0.15, 0.2) is 0 Å². The first-order valence-corrected chi connectivity index (χ1v) is 3.32. The Morgan fingerprint density at radius 3 is 2.40 bits per heavy atom. The highest BCUT2D eigenvalue weighted by molar-refractivity contribution is 5.16. The van der Waals surface area contributed by atoms with E-state index < -0.39 is 0 Å². The SMILES string of the molecule is C=C=CC(=C)C(C)C(C)O. The molecule has 0 saturated heterocycles. The number of aliphatic hydroxyl groups is 1. The lowest BCUT2D eigenvalue weighted by atomic mass is 9.98. The van der Waals surface area contributed by atoms with Crippen molar-refractivity contribution in [3.05, 3.63) is 30.5 Å². The maximum atomic E-state index is 9.09. The minimum Gasteiger partial charge on any atom is -0.393 e. The minimum atomic E-state index is -0.350. The van der Waals surface area contributed by atoms with Crippen LogP contribution in [0.4, 0.5) is 0 Å². The van der Waals surface area contributed by atoms with Crippen molar-refractivity contribution in [2.75, 3.05) is 0 Å². The first-order chi connectivity index (χ1) is 4.59. The molecule has 10 heavy (non-hydrogen) atoms. The van der Waals surface area contributed by atoms with Crippen LogP contribution in [0, 0.1) is 5.92 Å². The van der Waals surface area contributed by atoms with E-state index in [1.165, 1.54) is 0 Å². The summed E-state index contributed by atoms with van der Waals surface area (Å²) in [6.07, 6.45) is 1.34. The molecule has 0 aliphatic heterocycles. The average molecular weight is 138 g/mol. The Kier molecular flexibility index (Phi) is 3.78. The number of hydrogen-bond donors (Lipinski definition) is 1. The van der Waals surface area contributed by atoms with E-state index in [1.54, 1.807) is 13.0 Å². The summed E-state index contributed by atoms with van der Waals surface area (Å²) < 4.78 is 0. The van der Waals surface area contributed by atoms with Crippen molar-refractivity contribution in [3.8, 4) is 0 Å². The van der Waals surface area contributed by atoms with Gasteiger partial charge in [0.1, 0.15) is 0 Å². The van der Waals surface area contributed by atoms with Gasteiger partial charge in [-0.3, -0.25) is 0 Å². The van der Waals surface area contributed by atoms with Crippen molar-refractivity contribution in [3.63, 3.8) is 0 Å². The molecule has 0 radical (unpaired) electrons. The molecule has 0 amide bonds. The van der Waals surface area contributed by atoms with E-state index in [4.69, 9.17) is 5.11 Å². The lowest BCUT2D eigenvalue weighted by Gasteiger charge is -2.13. The molecule has 0 aliphatic rings. The van der Waals surface area contributed by atoms with E-state index >= 15 is 0 Å². The van der Waals surface area contributed by atoms with Gasteiger partial charge in [-0.25, -0.2) is 0 Å². The van der Waals surface area contributed by atoms with Gasteiger partial charge in [-0.15, -0.1) is 5.73 Å². The third-order valence-corrected chi connectivity index (χ3v) is 1.60. The third kappa shape index (κ3) is 2.67. The Labute approximate surface area is 62.4 Å². The van der Waals surface area contributed by atoms with Crippen LogP contribution in [-0.4, -0.2) is 11.2 Å². The van der Waals surface area contributed by atoms with Gasteiger partial charge in [0, 0.05) is 5.92 Å². The lowest BCUT2D eigenvalue weighted by molar-refractivity contribution is 0.154. The van der Waals surface area contributed by atoms with Crippen molar-refractivity contribution in [1.29, 1.82) is 0 Å². The van der Waals surface area contributed by atoms with Crippen LogP contribution in [0.3, 0.4) is 0 Å². The summed E-state index contributed by atoms with van der Waals surface area (Å²) >= 11 is 0. The van der Waals surface area contributed by atoms with Crippen LogP contribution in [0.1, 0.15) is 13.8 Å². The fourth-order valence-corrected chi connectivity index (χ4v) is 0.572. The van der Waals surface area contributed by atoms with Gasteiger partial charge in [0.2, 0.25) is 0 Å². The number of rotatable bonds is 3. The zero-order valence-electron chi connectivity index (χ0n) is 6.59. The van der Waals surface area contributed by atoms with Crippen LogP contribution < -0.4 is 0 Å². The Hall–Kier alpha value is -0.780. The summed E-state index contributed by atoms with van der Waals surface area (Å²) in [7, 11) is 0. The second-order valence-electron chi connectivity index (χ2n) is 2.45. The topological polar surface area (TPSA) is 20.2 Å². The van der Waals surface area contributed by atoms with Gasteiger partial charge in [-0.1, -0.05) is 20.1 Å². The predicted octanol–water partition coefficient (Wildman–Crippen LogP) is 1.90. The quantitative estimate of drug-likeness (QED) is 0.466. The normalized spacial score (nSPS) is 15.1. The van der Waals surface area contributed by atoms with Crippen LogP contribution >= 0.6 is 0 Å². The Morgan fingerprint density at radius 1 is 1.60 bits per heavy atom. The zero-order valence-corrected chi connectivity index (χ0v) is 6.59. The average Bonchev–Trinajstić information content (AvgIpc) is 1.87. The van der Waals surface area contributed by atoms with Crippen molar-refractivity contribution in [2.45, 2.75) is 20.0 Å². The van der Waals surface area contributed by atoms with Crippen LogP contribution in [0.2, 0.25) is 0 Å². The van der Waals surface area contributed by atoms with Gasteiger partial charge < -0.3 is 5.11 Å². The van der Waals surface area contributed by atoms with E-state index in [-0.39, 0.29) is 12.0 Å². The maximum Gasteiger partial charge on any atom is 0.0577 e. The Bertz CT molecular complexity index is 162. The van der Waals surface area contributed by atoms with Gasteiger partial charge in [-0.2, -0.15) is 0 Å². The molecule has 0 saturated carbocycles. The fourth-order valence-electron chi connectivity index (χ4n) is 0.572. The van der Waals surface area contributed by atoms with Crippen LogP contribution in [-0.2, 0) is 0 Å². The molecule has 1 heteroatoms. The molecule has 0 aromatic heterocycles. The Balaban J connectivity index is 4.07. The summed E-state index contributed by atoms with van der Waals surface area (Å²) in [5.74, 6) is 0.0919. The van der Waals surface area contributed by atoms with Gasteiger partial charge in [0.25, 0.3) is 0 Å². The van der Waals surface area contributed by atoms with Crippen LogP contribution in [0.5, 0.6) is 0 Å². The fraction of sp³-hybridized carbons (Fsp3) is 0.444. The molecule has 0 spiro atoms. The molecule has 56 valence electrons. The van der Waals surface area contributed by atoms with Crippen molar-refractivity contribution < 1.29 is 5.11 Å². The van der Waals surface area contributed by atoms with Gasteiger partial charge >= 0.3 is 0 Å². The van der Waals surface area contributed by atoms with Gasteiger partial charge in [0.05, 0.1) is 6.10 Å².